The van der Waals surface area contributed by atoms with E-state index >= 15 is 0 Å². The molecule has 0 radical (unpaired) electrons. The van der Waals surface area contributed by atoms with Gasteiger partial charge in [0.1, 0.15) is 0 Å². The Bertz CT molecular complexity index is 474. The standard InChI is InChI=1S/C14H20N2O4/c1-10-4-5-11(8-12(10)15)14(18)20-9-13(17)16-6-3-7-19-2/h4-5,8H,3,6-7,9,15H2,1-2H3,(H,16,17). The Morgan fingerprint density at radius 2 is 2.10 bits per heavy atom. The van der Waals surface area contributed by atoms with E-state index in [-0.39, 0.29) is 12.5 Å². The number of rotatable bonds is 7. The van der Waals surface area contributed by atoms with E-state index in [1.807, 2.05) is 6.92 Å². The van der Waals surface area contributed by atoms with Crippen molar-refractivity contribution in [1.82, 2.24) is 5.32 Å². The third kappa shape index (κ3) is 5.27. The number of methoxy groups -OCH3 is 1. The zero-order valence-electron chi connectivity index (χ0n) is 11.8. The summed E-state index contributed by atoms with van der Waals surface area (Å²) in [6.45, 7) is 2.60. The average molecular weight is 280 g/mol. The fourth-order valence-electron chi connectivity index (χ4n) is 1.48. The maximum absolute atomic E-state index is 11.7. The highest BCUT2D eigenvalue weighted by Gasteiger charge is 2.10. The first-order valence-electron chi connectivity index (χ1n) is 6.33. The smallest absolute Gasteiger partial charge is 0.338 e. The fourth-order valence-corrected chi connectivity index (χ4v) is 1.48. The molecule has 0 atom stereocenters. The number of carbonyl (C=O) groups is 2. The molecule has 0 unspecified atom stereocenters. The van der Waals surface area contributed by atoms with Gasteiger partial charge in [0.2, 0.25) is 0 Å². The van der Waals surface area contributed by atoms with Crippen molar-refractivity contribution in [3.05, 3.63) is 29.3 Å². The maximum Gasteiger partial charge on any atom is 0.338 e. The highest BCUT2D eigenvalue weighted by atomic mass is 16.5. The normalized spacial score (nSPS) is 10.1. The Morgan fingerprint density at radius 1 is 1.35 bits per heavy atom. The number of esters is 1. The Balaban J connectivity index is 2.35. The summed E-state index contributed by atoms with van der Waals surface area (Å²) in [5.74, 6) is -0.904. The molecule has 1 aromatic carbocycles. The summed E-state index contributed by atoms with van der Waals surface area (Å²) < 4.78 is 9.76. The van der Waals surface area contributed by atoms with Crippen LogP contribution in [0.15, 0.2) is 18.2 Å². The Labute approximate surface area is 118 Å². The van der Waals surface area contributed by atoms with Gasteiger partial charge in [-0.3, -0.25) is 4.79 Å². The molecule has 6 heteroatoms. The van der Waals surface area contributed by atoms with Gasteiger partial charge in [-0.25, -0.2) is 4.79 Å². The van der Waals surface area contributed by atoms with Crippen LogP contribution in [0.3, 0.4) is 0 Å². The zero-order chi connectivity index (χ0) is 15.0. The SMILES string of the molecule is COCCCNC(=O)COC(=O)c1ccc(C)c(N)c1. The van der Waals surface area contributed by atoms with Crippen LogP contribution in [0.25, 0.3) is 0 Å². The molecule has 0 aliphatic heterocycles. The zero-order valence-corrected chi connectivity index (χ0v) is 11.8. The number of benzene rings is 1. The van der Waals surface area contributed by atoms with Crippen molar-refractivity contribution < 1.29 is 19.1 Å². The van der Waals surface area contributed by atoms with E-state index in [4.69, 9.17) is 15.2 Å². The summed E-state index contributed by atoms with van der Waals surface area (Å²) in [7, 11) is 1.59. The van der Waals surface area contributed by atoms with Gasteiger partial charge in [0, 0.05) is 25.9 Å². The van der Waals surface area contributed by atoms with E-state index in [0.717, 1.165) is 5.56 Å². The summed E-state index contributed by atoms with van der Waals surface area (Å²) in [6, 6.07) is 4.88. The van der Waals surface area contributed by atoms with Crippen LogP contribution in [0.2, 0.25) is 0 Å². The predicted molar refractivity (Wildman–Crippen MR) is 75.4 cm³/mol. The van der Waals surface area contributed by atoms with Crippen molar-refractivity contribution >= 4 is 17.6 Å². The minimum atomic E-state index is -0.566. The molecule has 0 aromatic heterocycles. The first-order chi connectivity index (χ1) is 9.54. The lowest BCUT2D eigenvalue weighted by Crippen LogP contribution is -2.30. The van der Waals surface area contributed by atoms with Crippen LogP contribution in [0.5, 0.6) is 0 Å². The van der Waals surface area contributed by atoms with Crippen molar-refractivity contribution in [2.24, 2.45) is 0 Å². The summed E-state index contributed by atoms with van der Waals surface area (Å²) in [4.78, 5) is 23.1. The van der Waals surface area contributed by atoms with Gasteiger partial charge in [-0.1, -0.05) is 6.07 Å². The maximum atomic E-state index is 11.7. The third-order valence-corrected chi connectivity index (χ3v) is 2.70. The minimum absolute atomic E-state index is 0.306. The monoisotopic (exact) mass is 280 g/mol. The molecule has 1 aromatic rings. The molecule has 3 N–H and O–H groups in total. The lowest BCUT2D eigenvalue weighted by Gasteiger charge is -2.07. The molecule has 0 bridgehead atoms. The van der Waals surface area contributed by atoms with E-state index in [1.165, 1.54) is 6.07 Å². The lowest BCUT2D eigenvalue weighted by atomic mass is 10.1. The molecule has 1 amide bonds. The Kier molecular flexibility index (Phi) is 6.52. The van der Waals surface area contributed by atoms with E-state index < -0.39 is 5.97 Å². The summed E-state index contributed by atoms with van der Waals surface area (Å²) in [5, 5.41) is 2.62. The number of nitrogens with one attached hydrogen (secondary N) is 1. The Hall–Kier alpha value is -2.08. The van der Waals surface area contributed by atoms with Gasteiger partial charge in [-0.05, 0) is 31.0 Å². The second-order valence-corrected chi connectivity index (χ2v) is 4.34. The molecule has 110 valence electrons. The lowest BCUT2D eigenvalue weighted by molar-refractivity contribution is -0.124. The number of amides is 1. The molecule has 0 aliphatic rings. The van der Waals surface area contributed by atoms with Crippen molar-refractivity contribution in [3.8, 4) is 0 Å². The van der Waals surface area contributed by atoms with Gasteiger partial charge in [0.25, 0.3) is 5.91 Å². The summed E-state index contributed by atoms with van der Waals surface area (Å²) in [6.07, 6.45) is 0.713. The number of carbonyl (C=O) groups excluding carboxylic acids is 2. The molecule has 1 rings (SSSR count). The van der Waals surface area contributed by atoms with Crippen LogP contribution >= 0.6 is 0 Å². The Morgan fingerprint density at radius 3 is 2.75 bits per heavy atom. The average Bonchev–Trinajstić information content (AvgIpc) is 2.44. The van der Waals surface area contributed by atoms with E-state index in [0.29, 0.717) is 30.8 Å². The van der Waals surface area contributed by atoms with E-state index in [1.54, 1.807) is 19.2 Å². The first-order valence-corrected chi connectivity index (χ1v) is 6.33. The number of aryl methyl sites for hydroxylation is 1. The van der Waals surface area contributed by atoms with Crippen LogP contribution in [-0.4, -0.2) is 38.7 Å². The van der Waals surface area contributed by atoms with Crippen LogP contribution in [0.4, 0.5) is 5.69 Å². The number of nitrogen functional groups attached to an aromatic ring is 1. The first kappa shape index (κ1) is 16.0. The van der Waals surface area contributed by atoms with Crippen LogP contribution in [-0.2, 0) is 14.3 Å². The topological polar surface area (TPSA) is 90.6 Å². The molecular formula is C14H20N2O4. The van der Waals surface area contributed by atoms with Gasteiger partial charge in [-0.15, -0.1) is 0 Å². The second kappa shape index (κ2) is 8.16. The largest absolute Gasteiger partial charge is 0.452 e. The van der Waals surface area contributed by atoms with Crippen molar-refractivity contribution in [2.75, 3.05) is 32.6 Å². The number of ether oxygens (including phenoxy) is 2. The molecule has 0 fully saturated rings. The summed E-state index contributed by atoms with van der Waals surface area (Å²) >= 11 is 0. The van der Waals surface area contributed by atoms with Crippen LogP contribution in [0.1, 0.15) is 22.3 Å². The number of nitrogens with two attached hydrogens (primary N) is 1. The molecule has 20 heavy (non-hydrogen) atoms. The van der Waals surface area contributed by atoms with Crippen molar-refractivity contribution in [1.29, 1.82) is 0 Å². The molecule has 0 saturated heterocycles. The van der Waals surface area contributed by atoms with Gasteiger partial charge in [-0.2, -0.15) is 0 Å². The fraction of sp³-hybridized carbons (Fsp3) is 0.429. The molecule has 0 heterocycles. The highest BCUT2D eigenvalue weighted by Crippen LogP contribution is 2.13. The van der Waals surface area contributed by atoms with Gasteiger partial charge < -0.3 is 20.5 Å². The van der Waals surface area contributed by atoms with E-state index in [9.17, 15) is 9.59 Å². The van der Waals surface area contributed by atoms with Gasteiger partial charge in [0.15, 0.2) is 6.61 Å². The van der Waals surface area contributed by atoms with Crippen molar-refractivity contribution in [3.63, 3.8) is 0 Å². The number of hydrogen-bond acceptors (Lipinski definition) is 5. The quantitative estimate of drug-likeness (QED) is 0.439. The van der Waals surface area contributed by atoms with Gasteiger partial charge in [0.05, 0.1) is 5.56 Å². The van der Waals surface area contributed by atoms with E-state index in [2.05, 4.69) is 5.32 Å². The molecular weight excluding hydrogens is 260 g/mol. The van der Waals surface area contributed by atoms with Crippen LogP contribution < -0.4 is 11.1 Å². The molecule has 0 aliphatic carbocycles. The van der Waals surface area contributed by atoms with Crippen LogP contribution in [0, 0.1) is 6.92 Å². The second-order valence-electron chi connectivity index (χ2n) is 4.34. The summed E-state index contributed by atoms with van der Waals surface area (Å²) in [5.41, 5.74) is 7.45. The number of hydrogen-bond donors (Lipinski definition) is 2. The molecule has 6 nitrogen and oxygen atoms in total. The number of anilines is 1. The minimum Gasteiger partial charge on any atom is -0.452 e. The predicted octanol–water partition coefficient (Wildman–Crippen LogP) is 0.887. The molecule has 0 spiro atoms. The third-order valence-electron chi connectivity index (χ3n) is 2.70. The van der Waals surface area contributed by atoms with Crippen molar-refractivity contribution in [2.45, 2.75) is 13.3 Å². The van der Waals surface area contributed by atoms with Gasteiger partial charge >= 0.3 is 5.97 Å². The molecule has 0 saturated carbocycles. The highest BCUT2D eigenvalue weighted by molar-refractivity contribution is 5.92.